The molecule has 0 saturated heterocycles. The van der Waals surface area contributed by atoms with Gasteiger partial charge in [-0.25, -0.2) is 4.39 Å². The molecule has 2 aromatic carbocycles. The Kier molecular flexibility index (Phi) is 4.91. The number of aryl methyl sites for hydroxylation is 2. The second kappa shape index (κ2) is 8.13. The Morgan fingerprint density at radius 1 is 1.11 bits per heavy atom. The normalized spacial score (nSPS) is 12.5. The minimum Gasteiger partial charge on any atom is -0.379 e. The summed E-state index contributed by atoms with van der Waals surface area (Å²) in [5, 5.41) is 4.45. The Morgan fingerprint density at radius 3 is 2.74 bits per heavy atom. The van der Waals surface area contributed by atoms with Gasteiger partial charge in [-0.3, -0.25) is 9.78 Å². The van der Waals surface area contributed by atoms with E-state index in [1.807, 2.05) is 23.9 Å². The van der Waals surface area contributed by atoms with Crippen molar-refractivity contribution in [1.29, 1.82) is 0 Å². The molecule has 3 aromatic heterocycles. The smallest absolute Gasteiger partial charge is 0.272 e. The fourth-order valence-electron chi connectivity index (χ4n) is 4.94. The molecule has 7 heteroatoms. The van der Waals surface area contributed by atoms with Crippen molar-refractivity contribution < 1.29 is 4.39 Å². The summed E-state index contributed by atoms with van der Waals surface area (Å²) in [6, 6.07) is 16.8. The molecule has 0 unspecified atom stereocenters. The van der Waals surface area contributed by atoms with Crippen LogP contribution in [0.4, 0.5) is 21.5 Å². The number of halogens is 1. The third kappa shape index (κ3) is 3.56. The van der Waals surface area contributed by atoms with Crippen molar-refractivity contribution in [2.24, 2.45) is 7.05 Å². The first kappa shape index (κ1) is 21.2. The van der Waals surface area contributed by atoms with Crippen LogP contribution >= 0.6 is 0 Å². The highest BCUT2D eigenvalue weighted by molar-refractivity contribution is 6.03. The lowest BCUT2D eigenvalue weighted by Crippen LogP contribution is -2.18. The first-order valence-corrected chi connectivity index (χ1v) is 11.5. The highest BCUT2D eigenvalue weighted by atomic mass is 19.1. The van der Waals surface area contributed by atoms with E-state index in [9.17, 15) is 9.18 Å². The lowest BCUT2D eigenvalue weighted by Gasteiger charge is -2.26. The molecule has 6 nitrogen and oxygen atoms in total. The second-order valence-electron chi connectivity index (χ2n) is 8.94. The Bertz CT molecular complexity index is 1630. The van der Waals surface area contributed by atoms with Gasteiger partial charge in [-0.15, -0.1) is 0 Å². The van der Waals surface area contributed by atoms with E-state index < -0.39 is 0 Å². The zero-order valence-electron chi connectivity index (χ0n) is 19.5. The van der Waals surface area contributed by atoms with E-state index in [-0.39, 0.29) is 11.4 Å². The number of pyridine rings is 2. The standard InChI is InChI=1S/C28H24FN5O/c1-17-4-3-11-30-24(17)14-31-20-7-10-25-22(12-20)23-16-33(2)27-26(23)18(13-32-28(27)35)15-34(25)21-8-5-19(29)6-9-21/h3-13,16,31H,14-15H2,1-2H3,(H,32,35). The number of nitrogens with one attached hydrogen (secondary N) is 2. The Labute approximate surface area is 201 Å². The SMILES string of the molecule is Cc1cccnc1CNc1ccc2c(c1)-c1cn(C)c3c(=O)[nH]cc(c13)CN2c1ccc(F)cc1. The van der Waals surface area contributed by atoms with Crippen LogP contribution < -0.4 is 15.8 Å². The van der Waals surface area contributed by atoms with Crippen LogP contribution in [0, 0.1) is 12.7 Å². The molecule has 0 spiro atoms. The Morgan fingerprint density at radius 2 is 1.94 bits per heavy atom. The number of fused-ring (bicyclic) bond motifs is 2. The summed E-state index contributed by atoms with van der Waals surface area (Å²) < 4.78 is 15.6. The number of hydrogen-bond donors (Lipinski definition) is 2. The van der Waals surface area contributed by atoms with Gasteiger partial charge in [0, 0.05) is 59.2 Å². The molecule has 0 fully saturated rings. The first-order valence-electron chi connectivity index (χ1n) is 11.5. The zero-order valence-corrected chi connectivity index (χ0v) is 19.5. The summed E-state index contributed by atoms with van der Waals surface area (Å²) in [6.07, 6.45) is 5.61. The van der Waals surface area contributed by atoms with Gasteiger partial charge in [-0.2, -0.15) is 0 Å². The highest BCUT2D eigenvalue weighted by Crippen LogP contribution is 2.44. The van der Waals surface area contributed by atoms with Gasteiger partial charge < -0.3 is 19.8 Å². The molecule has 1 aliphatic rings. The number of H-pyrrole nitrogens is 1. The second-order valence-corrected chi connectivity index (χ2v) is 8.94. The van der Waals surface area contributed by atoms with E-state index in [1.165, 1.54) is 12.1 Å². The van der Waals surface area contributed by atoms with E-state index in [0.717, 1.165) is 50.4 Å². The fraction of sp³-hybridized carbons (Fsp3) is 0.143. The van der Waals surface area contributed by atoms with E-state index >= 15 is 0 Å². The number of anilines is 3. The number of hydrogen-bond acceptors (Lipinski definition) is 4. The first-order chi connectivity index (χ1) is 17.0. The third-order valence-corrected chi connectivity index (χ3v) is 6.72. The summed E-state index contributed by atoms with van der Waals surface area (Å²) in [5.41, 5.74) is 8.50. The summed E-state index contributed by atoms with van der Waals surface area (Å²) in [5.74, 6) is -0.275. The van der Waals surface area contributed by atoms with E-state index in [1.54, 1.807) is 24.5 Å². The number of aromatic amines is 1. The molecule has 0 bridgehead atoms. The predicted molar refractivity (Wildman–Crippen MR) is 138 cm³/mol. The van der Waals surface area contributed by atoms with Crippen LogP contribution in [-0.4, -0.2) is 14.5 Å². The molecule has 174 valence electrons. The van der Waals surface area contributed by atoms with Crippen LogP contribution in [0.2, 0.25) is 0 Å². The van der Waals surface area contributed by atoms with Crippen molar-refractivity contribution in [2.75, 3.05) is 10.2 Å². The molecule has 6 rings (SSSR count). The lowest BCUT2D eigenvalue weighted by molar-refractivity contribution is 0.627. The summed E-state index contributed by atoms with van der Waals surface area (Å²) in [4.78, 5) is 22.3. The molecule has 0 amide bonds. The molecule has 5 aromatic rings. The monoisotopic (exact) mass is 465 g/mol. The van der Waals surface area contributed by atoms with Crippen molar-refractivity contribution in [2.45, 2.75) is 20.0 Å². The minimum absolute atomic E-state index is 0.116. The number of aromatic nitrogens is 3. The van der Waals surface area contributed by atoms with Crippen molar-refractivity contribution in [3.63, 3.8) is 0 Å². The van der Waals surface area contributed by atoms with Crippen LogP contribution in [0.1, 0.15) is 16.8 Å². The van der Waals surface area contributed by atoms with Gasteiger partial charge >= 0.3 is 0 Å². The predicted octanol–water partition coefficient (Wildman–Crippen LogP) is 5.64. The van der Waals surface area contributed by atoms with Crippen molar-refractivity contribution in [3.8, 4) is 11.1 Å². The molecule has 4 heterocycles. The van der Waals surface area contributed by atoms with Gasteiger partial charge in [0.15, 0.2) is 0 Å². The maximum atomic E-state index is 13.7. The minimum atomic E-state index is -0.275. The molecule has 0 saturated carbocycles. The number of nitrogens with zero attached hydrogens (tertiary/aromatic N) is 3. The molecule has 35 heavy (non-hydrogen) atoms. The van der Waals surface area contributed by atoms with Gasteiger partial charge in [0.05, 0.1) is 18.8 Å². The average molecular weight is 466 g/mol. The largest absolute Gasteiger partial charge is 0.379 e. The fourth-order valence-corrected chi connectivity index (χ4v) is 4.94. The zero-order chi connectivity index (χ0) is 24.1. The highest BCUT2D eigenvalue weighted by Gasteiger charge is 2.26. The van der Waals surface area contributed by atoms with E-state index in [2.05, 4.69) is 51.4 Å². The van der Waals surface area contributed by atoms with Crippen LogP contribution in [-0.2, 0) is 20.1 Å². The third-order valence-electron chi connectivity index (χ3n) is 6.72. The van der Waals surface area contributed by atoms with Gasteiger partial charge in [-0.05, 0) is 66.6 Å². The van der Waals surface area contributed by atoms with Crippen LogP contribution in [0.25, 0.3) is 22.0 Å². The molecule has 0 radical (unpaired) electrons. The van der Waals surface area contributed by atoms with Crippen molar-refractivity contribution >= 4 is 28.0 Å². The summed E-state index contributed by atoms with van der Waals surface area (Å²) in [7, 11) is 1.90. The number of rotatable bonds is 4. The van der Waals surface area contributed by atoms with Crippen LogP contribution in [0.3, 0.4) is 0 Å². The molecule has 0 aliphatic carbocycles. The summed E-state index contributed by atoms with van der Waals surface area (Å²) >= 11 is 0. The molecule has 1 aliphatic heterocycles. The Hall–Kier alpha value is -4.39. The molecule has 2 N–H and O–H groups in total. The Balaban J connectivity index is 1.51. The van der Waals surface area contributed by atoms with E-state index in [0.29, 0.717) is 18.6 Å². The van der Waals surface area contributed by atoms with E-state index in [4.69, 9.17) is 0 Å². The number of benzene rings is 2. The van der Waals surface area contributed by atoms with Gasteiger partial charge in [-0.1, -0.05) is 6.07 Å². The maximum absolute atomic E-state index is 13.7. The van der Waals surface area contributed by atoms with Crippen molar-refractivity contribution in [1.82, 2.24) is 14.5 Å². The molecular weight excluding hydrogens is 441 g/mol. The maximum Gasteiger partial charge on any atom is 0.272 e. The lowest BCUT2D eigenvalue weighted by atomic mass is 10.0. The molecular formula is C28H24FN5O. The van der Waals surface area contributed by atoms with Gasteiger partial charge in [0.25, 0.3) is 5.56 Å². The van der Waals surface area contributed by atoms with Gasteiger partial charge in [0.2, 0.25) is 0 Å². The van der Waals surface area contributed by atoms with Crippen molar-refractivity contribution in [3.05, 3.63) is 106 Å². The topological polar surface area (TPSA) is 66.0 Å². The molecule has 0 atom stereocenters. The van der Waals surface area contributed by atoms with Crippen LogP contribution in [0.5, 0.6) is 0 Å². The quantitative estimate of drug-likeness (QED) is 0.361. The van der Waals surface area contributed by atoms with Gasteiger partial charge in [0.1, 0.15) is 11.3 Å². The average Bonchev–Trinajstić information content (AvgIpc) is 3.15. The van der Waals surface area contributed by atoms with Crippen LogP contribution in [0.15, 0.2) is 78.0 Å². The summed E-state index contributed by atoms with van der Waals surface area (Å²) in [6.45, 7) is 3.20.